The van der Waals surface area contributed by atoms with Crippen molar-refractivity contribution in [2.75, 3.05) is 0 Å². The Morgan fingerprint density at radius 3 is 1.24 bits per heavy atom. The van der Waals surface area contributed by atoms with Crippen molar-refractivity contribution in [3.63, 3.8) is 0 Å². The standard InChI is InChI=1S/C24H24O6S3/c1-18(2)22-23(31(25,26)19-12-6-3-7-13-19)24(22,32(27,28)20-14-8-4-9-15-20)33(29,30)21-16-10-5-11-17-21/h3-18,22-23H,1-2H3/t22-,23-/m1/s1. The molecule has 0 radical (unpaired) electrons. The first kappa shape index (κ1) is 23.7. The molecule has 1 saturated carbocycles. The Morgan fingerprint density at radius 1 is 0.576 bits per heavy atom. The molecular weight excluding hydrogens is 480 g/mol. The van der Waals surface area contributed by atoms with E-state index < -0.39 is 50.7 Å². The first-order chi connectivity index (χ1) is 15.5. The monoisotopic (exact) mass is 504 g/mol. The van der Waals surface area contributed by atoms with Gasteiger partial charge in [-0.15, -0.1) is 0 Å². The summed E-state index contributed by atoms with van der Waals surface area (Å²) in [4.78, 5) is -0.545. The largest absolute Gasteiger partial charge is 0.223 e. The van der Waals surface area contributed by atoms with E-state index in [2.05, 4.69) is 0 Å². The summed E-state index contributed by atoms with van der Waals surface area (Å²) in [6.45, 7) is 3.31. The van der Waals surface area contributed by atoms with Crippen molar-refractivity contribution in [2.45, 2.75) is 37.9 Å². The zero-order valence-electron chi connectivity index (χ0n) is 18.1. The molecule has 1 aliphatic carbocycles. The highest BCUT2D eigenvalue weighted by Crippen LogP contribution is 2.65. The van der Waals surface area contributed by atoms with Crippen LogP contribution in [0.3, 0.4) is 0 Å². The maximum Gasteiger partial charge on any atom is 0.203 e. The predicted octanol–water partition coefficient (Wildman–Crippen LogP) is 3.76. The fourth-order valence-corrected chi connectivity index (χ4v) is 14.4. The summed E-state index contributed by atoms with van der Waals surface area (Å²) in [6.07, 6.45) is 0. The third kappa shape index (κ3) is 3.36. The zero-order chi connectivity index (χ0) is 24.1. The number of rotatable bonds is 7. The van der Waals surface area contributed by atoms with Gasteiger partial charge in [-0.3, -0.25) is 0 Å². The van der Waals surface area contributed by atoms with E-state index in [-0.39, 0.29) is 14.7 Å². The van der Waals surface area contributed by atoms with Crippen LogP contribution in [0.15, 0.2) is 106 Å². The van der Waals surface area contributed by atoms with E-state index in [1.165, 1.54) is 72.8 Å². The third-order valence-electron chi connectivity index (χ3n) is 6.15. The van der Waals surface area contributed by atoms with Gasteiger partial charge in [-0.2, -0.15) is 0 Å². The molecule has 33 heavy (non-hydrogen) atoms. The normalized spacial score (nSPS) is 20.5. The molecule has 1 fully saturated rings. The molecule has 3 aromatic carbocycles. The summed E-state index contributed by atoms with van der Waals surface area (Å²) < 4.78 is 81.3. The minimum Gasteiger partial charge on any atom is -0.223 e. The Labute approximate surface area is 195 Å². The number of hydrogen-bond acceptors (Lipinski definition) is 6. The average molecular weight is 505 g/mol. The highest BCUT2D eigenvalue weighted by Gasteiger charge is 2.85. The Hall–Kier alpha value is -2.49. The molecule has 2 atom stereocenters. The topological polar surface area (TPSA) is 102 Å². The Kier molecular flexibility index (Phi) is 5.79. The Bertz CT molecular complexity index is 1390. The van der Waals surface area contributed by atoms with Crippen LogP contribution in [0.2, 0.25) is 0 Å². The lowest BCUT2D eigenvalue weighted by Crippen LogP contribution is -2.40. The van der Waals surface area contributed by atoms with Crippen LogP contribution in [0.25, 0.3) is 0 Å². The van der Waals surface area contributed by atoms with Crippen molar-refractivity contribution in [3.8, 4) is 0 Å². The predicted molar refractivity (Wildman–Crippen MR) is 126 cm³/mol. The number of sulfone groups is 3. The van der Waals surface area contributed by atoms with Crippen LogP contribution in [0.4, 0.5) is 0 Å². The van der Waals surface area contributed by atoms with Gasteiger partial charge in [0.25, 0.3) is 0 Å². The van der Waals surface area contributed by atoms with Crippen LogP contribution in [0.5, 0.6) is 0 Å². The van der Waals surface area contributed by atoms with Gasteiger partial charge >= 0.3 is 0 Å². The summed E-state index contributed by atoms with van der Waals surface area (Å²) in [5.74, 6) is -1.69. The molecule has 0 heterocycles. The second-order valence-corrected chi connectivity index (χ2v) is 15.0. The minimum atomic E-state index is -4.63. The van der Waals surface area contributed by atoms with Crippen molar-refractivity contribution in [2.24, 2.45) is 11.8 Å². The van der Waals surface area contributed by atoms with Crippen molar-refractivity contribution in [3.05, 3.63) is 91.0 Å². The molecular formula is C24H24O6S3. The fraction of sp³-hybridized carbons (Fsp3) is 0.250. The van der Waals surface area contributed by atoms with Crippen molar-refractivity contribution >= 4 is 29.5 Å². The van der Waals surface area contributed by atoms with Crippen LogP contribution >= 0.6 is 0 Å². The lowest BCUT2D eigenvalue weighted by Gasteiger charge is -2.21. The molecule has 0 aliphatic heterocycles. The summed E-state index contributed by atoms with van der Waals surface area (Å²) in [5, 5.41) is -1.65. The van der Waals surface area contributed by atoms with Gasteiger partial charge in [0, 0.05) is 5.92 Å². The lowest BCUT2D eigenvalue weighted by atomic mass is 10.1. The zero-order valence-corrected chi connectivity index (χ0v) is 20.5. The molecule has 0 aromatic heterocycles. The molecule has 0 saturated heterocycles. The quantitative estimate of drug-likeness (QED) is 0.485. The van der Waals surface area contributed by atoms with Crippen LogP contribution < -0.4 is 0 Å². The molecule has 6 nitrogen and oxygen atoms in total. The van der Waals surface area contributed by atoms with E-state index in [9.17, 15) is 25.3 Å². The van der Waals surface area contributed by atoms with E-state index >= 15 is 0 Å². The molecule has 1 aliphatic rings. The van der Waals surface area contributed by atoms with Crippen LogP contribution in [-0.2, 0) is 29.5 Å². The van der Waals surface area contributed by atoms with Crippen LogP contribution in [0.1, 0.15) is 13.8 Å². The SMILES string of the molecule is CC(C)[C@@H]1[C@@H](S(=O)(=O)c2ccccc2)C1(S(=O)(=O)c1ccccc1)S(=O)(=O)c1ccccc1. The van der Waals surface area contributed by atoms with E-state index in [0.29, 0.717) is 0 Å². The summed E-state index contributed by atoms with van der Waals surface area (Å²) in [7, 11) is -13.6. The van der Waals surface area contributed by atoms with Gasteiger partial charge in [-0.1, -0.05) is 68.4 Å². The lowest BCUT2D eigenvalue weighted by molar-refractivity contribution is 0.523. The van der Waals surface area contributed by atoms with E-state index in [0.717, 1.165) is 0 Å². The molecule has 0 bridgehead atoms. The smallest absolute Gasteiger partial charge is 0.203 e. The van der Waals surface area contributed by atoms with E-state index in [1.807, 2.05) is 0 Å². The number of benzene rings is 3. The van der Waals surface area contributed by atoms with Gasteiger partial charge < -0.3 is 0 Å². The first-order valence-electron chi connectivity index (χ1n) is 10.4. The highest BCUT2D eigenvalue weighted by atomic mass is 32.3. The molecule has 0 spiro atoms. The molecule has 0 amide bonds. The van der Waals surface area contributed by atoms with E-state index in [1.54, 1.807) is 32.0 Å². The van der Waals surface area contributed by atoms with Crippen molar-refractivity contribution < 1.29 is 25.3 Å². The first-order valence-corrected chi connectivity index (χ1v) is 14.9. The van der Waals surface area contributed by atoms with Crippen LogP contribution in [-0.4, -0.2) is 34.6 Å². The van der Waals surface area contributed by atoms with Gasteiger partial charge in [0.05, 0.1) is 14.7 Å². The van der Waals surface area contributed by atoms with Gasteiger partial charge in [0.1, 0.15) is 5.25 Å². The molecule has 174 valence electrons. The third-order valence-corrected chi connectivity index (χ3v) is 14.5. The summed E-state index contributed by atoms with van der Waals surface area (Å²) in [5.41, 5.74) is 0. The molecule has 9 heteroatoms. The number of hydrogen-bond donors (Lipinski definition) is 0. The Balaban J connectivity index is 2.08. The molecule has 0 N–H and O–H groups in total. The minimum absolute atomic E-state index is 0.103. The Morgan fingerprint density at radius 2 is 0.909 bits per heavy atom. The van der Waals surface area contributed by atoms with Gasteiger partial charge in [-0.05, 0) is 42.3 Å². The maximum atomic E-state index is 14.1. The second-order valence-electron chi connectivity index (χ2n) is 8.40. The van der Waals surface area contributed by atoms with E-state index in [4.69, 9.17) is 0 Å². The van der Waals surface area contributed by atoms with Crippen LogP contribution in [0, 0.1) is 11.8 Å². The molecule has 3 aromatic rings. The molecule has 4 rings (SSSR count). The second kappa shape index (κ2) is 8.07. The highest BCUT2D eigenvalue weighted by molar-refractivity contribution is 8.12. The maximum absolute atomic E-state index is 14.1. The van der Waals surface area contributed by atoms with Gasteiger partial charge in [0.15, 0.2) is 9.84 Å². The summed E-state index contributed by atoms with van der Waals surface area (Å²) in [6, 6.07) is 21.8. The fourth-order valence-electron chi connectivity index (χ4n) is 4.69. The summed E-state index contributed by atoms with van der Waals surface area (Å²) >= 11 is 0. The van der Waals surface area contributed by atoms with Gasteiger partial charge in [0.2, 0.25) is 23.8 Å². The van der Waals surface area contributed by atoms with Crippen molar-refractivity contribution in [1.82, 2.24) is 0 Å². The average Bonchev–Trinajstić information content (AvgIpc) is 3.56. The van der Waals surface area contributed by atoms with Gasteiger partial charge in [-0.25, -0.2) is 25.3 Å². The van der Waals surface area contributed by atoms with Crippen molar-refractivity contribution in [1.29, 1.82) is 0 Å². The molecule has 0 unspecified atom stereocenters.